The number of rotatable bonds is 3. The predicted octanol–water partition coefficient (Wildman–Crippen LogP) is 3.59. The minimum Gasteiger partial charge on any atom is -0.299 e. The molecule has 4 unspecified atom stereocenters. The van der Waals surface area contributed by atoms with Crippen LogP contribution < -0.4 is 0 Å². The first-order valence-electron chi connectivity index (χ1n) is 6.67. The zero-order valence-corrected chi connectivity index (χ0v) is 10.5. The van der Waals surface area contributed by atoms with Crippen LogP contribution >= 0.6 is 0 Å². The fraction of sp³-hybridized carbons (Fsp3) is 0.800. The lowest BCUT2D eigenvalue weighted by Gasteiger charge is -2.61. The van der Waals surface area contributed by atoms with Gasteiger partial charge >= 0.3 is 0 Å². The van der Waals surface area contributed by atoms with E-state index in [0.717, 1.165) is 18.8 Å². The number of hydrogen-bond donors (Lipinski definition) is 0. The third-order valence-corrected chi connectivity index (χ3v) is 6.26. The van der Waals surface area contributed by atoms with Crippen molar-refractivity contribution in [2.45, 2.75) is 46.0 Å². The van der Waals surface area contributed by atoms with Crippen LogP contribution in [0.2, 0.25) is 0 Å². The average Bonchev–Trinajstić information content (AvgIpc) is 2.39. The molecule has 4 atom stereocenters. The molecule has 2 bridgehead atoms. The molecule has 0 heterocycles. The largest absolute Gasteiger partial charge is 0.299 e. The van der Waals surface area contributed by atoms with Gasteiger partial charge in [-0.3, -0.25) is 4.79 Å². The highest BCUT2D eigenvalue weighted by Crippen LogP contribution is 2.76. The molecule has 0 aromatic carbocycles. The molecule has 0 amide bonds. The van der Waals surface area contributed by atoms with E-state index in [0.29, 0.717) is 28.4 Å². The van der Waals surface area contributed by atoms with Gasteiger partial charge in [-0.15, -0.1) is 6.58 Å². The van der Waals surface area contributed by atoms with E-state index in [1.807, 2.05) is 6.08 Å². The minimum absolute atomic E-state index is 0.348. The summed E-state index contributed by atoms with van der Waals surface area (Å²) in [5, 5.41) is 0. The van der Waals surface area contributed by atoms with E-state index in [1.165, 1.54) is 19.3 Å². The first kappa shape index (κ1) is 10.6. The van der Waals surface area contributed by atoms with Crippen molar-refractivity contribution >= 4 is 5.78 Å². The summed E-state index contributed by atoms with van der Waals surface area (Å²) in [6.07, 6.45) is 7.67. The Morgan fingerprint density at radius 1 is 1.38 bits per heavy atom. The highest BCUT2D eigenvalue weighted by atomic mass is 16.1. The number of ketones is 1. The highest BCUT2D eigenvalue weighted by molar-refractivity contribution is 5.85. The fourth-order valence-electron chi connectivity index (χ4n) is 5.31. The Bertz CT molecular complexity index is 354. The van der Waals surface area contributed by atoms with Crippen LogP contribution in [0, 0.1) is 28.6 Å². The molecule has 3 fully saturated rings. The summed E-state index contributed by atoms with van der Waals surface area (Å²) in [4.78, 5) is 12.1. The molecule has 3 rings (SSSR count). The number of carbonyl (C=O) groups excluding carboxylic acids is 1. The zero-order chi connectivity index (χ0) is 11.6. The summed E-state index contributed by atoms with van der Waals surface area (Å²) in [6, 6.07) is 0. The Hall–Kier alpha value is -0.590. The predicted molar refractivity (Wildman–Crippen MR) is 65.0 cm³/mol. The van der Waals surface area contributed by atoms with E-state index >= 15 is 0 Å². The normalized spacial score (nSPS) is 47.6. The third kappa shape index (κ3) is 0.919. The molecule has 16 heavy (non-hydrogen) atoms. The van der Waals surface area contributed by atoms with Crippen LogP contribution in [0.5, 0.6) is 0 Å². The molecular formula is C15H22O. The molecule has 0 saturated heterocycles. The lowest BCUT2D eigenvalue weighted by Crippen LogP contribution is -2.59. The van der Waals surface area contributed by atoms with Gasteiger partial charge in [-0.25, -0.2) is 0 Å². The van der Waals surface area contributed by atoms with Crippen molar-refractivity contribution in [2.24, 2.45) is 28.6 Å². The quantitative estimate of drug-likeness (QED) is 0.662. The summed E-state index contributed by atoms with van der Waals surface area (Å²) in [5.74, 6) is 2.46. The topological polar surface area (TPSA) is 17.1 Å². The van der Waals surface area contributed by atoms with Gasteiger partial charge in [0.15, 0.2) is 0 Å². The third-order valence-electron chi connectivity index (χ3n) is 6.26. The summed E-state index contributed by atoms with van der Waals surface area (Å²) >= 11 is 0. The monoisotopic (exact) mass is 218 g/mol. The van der Waals surface area contributed by atoms with Crippen LogP contribution in [0.4, 0.5) is 0 Å². The zero-order valence-electron chi connectivity index (χ0n) is 10.5. The van der Waals surface area contributed by atoms with Gasteiger partial charge in [0.25, 0.3) is 0 Å². The Morgan fingerprint density at radius 3 is 2.81 bits per heavy atom. The van der Waals surface area contributed by atoms with Gasteiger partial charge < -0.3 is 0 Å². The summed E-state index contributed by atoms with van der Waals surface area (Å²) in [5.41, 5.74) is 0.735. The van der Waals surface area contributed by atoms with Crippen molar-refractivity contribution in [1.82, 2.24) is 0 Å². The molecule has 0 spiro atoms. The van der Waals surface area contributed by atoms with Crippen molar-refractivity contribution in [1.29, 1.82) is 0 Å². The average molecular weight is 218 g/mol. The number of Topliss-reactive ketones (excluding diaryl/α,β-unsaturated/α-hetero) is 1. The maximum absolute atomic E-state index is 12.1. The minimum atomic E-state index is 0.348. The molecule has 3 aliphatic carbocycles. The van der Waals surface area contributed by atoms with Crippen LogP contribution in [-0.2, 0) is 4.79 Å². The lowest BCUT2D eigenvalue weighted by molar-refractivity contribution is -0.166. The Morgan fingerprint density at radius 2 is 2.12 bits per heavy atom. The van der Waals surface area contributed by atoms with Crippen LogP contribution in [0.15, 0.2) is 12.7 Å². The van der Waals surface area contributed by atoms with Crippen molar-refractivity contribution in [3.63, 3.8) is 0 Å². The summed E-state index contributed by atoms with van der Waals surface area (Å²) in [7, 11) is 0. The van der Waals surface area contributed by atoms with Crippen molar-refractivity contribution in [2.75, 3.05) is 0 Å². The molecule has 0 radical (unpaired) electrons. The van der Waals surface area contributed by atoms with E-state index in [4.69, 9.17) is 0 Å². The van der Waals surface area contributed by atoms with Gasteiger partial charge in [0.1, 0.15) is 5.78 Å². The molecule has 1 heteroatoms. The second-order valence-electron chi connectivity index (χ2n) is 6.68. The van der Waals surface area contributed by atoms with Crippen LogP contribution in [0.3, 0.4) is 0 Å². The molecule has 0 aliphatic heterocycles. The SMILES string of the molecule is C=CCCC12C3CC(CC(=O)C1C3)C2(C)C. The van der Waals surface area contributed by atoms with Crippen LogP contribution in [0.25, 0.3) is 0 Å². The second kappa shape index (κ2) is 3.00. The molecule has 0 aromatic rings. The van der Waals surface area contributed by atoms with Crippen molar-refractivity contribution < 1.29 is 4.79 Å². The van der Waals surface area contributed by atoms with E-state index < -0.39 is 0 Å². The molecule has 1 nitrogen and oxygen atoms in total. The summed E-state index contributed by atoms with van der Waals surface area (Å²) < 4.78 is 0. The van der Waals surface area contributed by atoms with Crippen molar-refractivity contribution in [3.05, 3.63) is 12.7 Å². The highest BCUT2D eigenvalue weighted by Gasteiger charge is 2.72. The van der Waals surface area contributed by atoms with E-state index in [1.54, 1.807) is 0 Å². The first-order chi connectivity index (χ1) is 7.54. The van der Waals surface area contributed by atoms with Gasteiger partial charge in [0.05, 0.1) is 0 Å². The van der Waals surface area contributed by atoms with Gasteiger partial charge in [-0.2, -0.15) is 0 Å². The van der Waals surface area contributed by atoms with Crippen LogP contribution in [-0.4, -0.2) is 5.78 Å². The maximum atomic E-state index is 12.1. The number of fused-ring (bicyclic) bond motifs is 1. The molecule has 88 valence electrons. The number of carbonyl (C=O) groups is 1. The Balaban J connectivity index is 2.00. The van der Waals surface area contributed by atoms with E-state index in [2.05, 4.69) is 20.4 Å². The van der Waals surface area contributed by atoms with Gasteiger partial charge in [0, 0.05) is 12.3 Å². The molecule has 3 saturated carbocycles. The molecule has 3 aliphatic rings. The van der Waals surface area contributed by atoms with Gasteiger partial charge in [0.2, 0.25) is 0 Å². The van der Waals surface area contributed by atoms with Crippen molar-refractivity contribution in [3.8, 4) is 0 Å². The van der Waals surface area contributed by atoms with E-state index in [9.17, 15) is 4.79 Å². The van der Waals surface area contributed by atoms with Gasteiger partial charge in [-0.1, -0.05) is 19.9 Å². The van der Waals surface area contributed by atoms with Gasteiger partial charge in [-0.05, 0) is 48.3 Å². The second-order valence-corrected chi connectivity index (χ2v) is 6.68. The molecular weight excluding hydrogens is 196 g/mol. The standard InChI is InChI=1S/C15H22O/c1-4-5-6-15-11-7-10(14(15,2)3)9-13(16)12(15)8-11/h4,10-12H,1,5-9H2,2-3H3. The van der Waals surface area contributed by atoms with E-state index in [-0.39, 0.29) is 0 Å². The smallest absolute Gasteiger partial charge is 0.136 e. The first-order valence-corrected chi connectivity index (χ1v) is 6.67. The Labute approximate surface area is 98.3 Å². The summed E-state index contributed by atoms with van der Waals surface area (Å²) in [6.45, 7) is 8.68. The Kier molecular flexibility index (Phi) is 1.98. The van der Waals surface area contributed by atoms with Crippen LogP contribution in [0.1, 0.15) is 46.0 Å². The number of hydrogen-bond acceptors (Lipinski definition) is 1. The number of allylic oxidation sites excluding steroid dienone is 1. The fourth-order valence-corrected chi connectivity index (χ4v) is 5.31. The maximum Gasteiger partial charge on any atom is 0.136 e. The lowest BCUT2D eigenvalue weighted by atomic mass is 9.42. The molecule has 0 N–H and O–H groups in total. The molecule has 0 aromatic heterocycles.